The molecule has 1 heterocycles. The molecule has 0 fully saturated rings. The first-order valence-electron chi connectivity index (χ1n) is 6.50. The second kappa shape index (κ2) is 6.21. The van der Waals surface area contributed by atoms with Crippen molar-refractivity contribution in [2.45, 2.75) is 4.90 Å². The van der Waals surface area contributed by atoms with Crippen LogP contribution in [0.25, 0.3) is 20.9 Å². The molecule has 0 N–H and O–H groups in total. The monoisotopic (exact) mass is 295 g/mol. The van der Waals surface area contributed by atoms with E-state index < -0.39 is 0 Å². The summed E-state index contributed by atoms with van der Waals surface area (Å²) in [6.45, 7) is 0. The fraction of sp³-hybridized carbons (Fsp3) is 0.0556. The Bertz CT molecular complexity index is 633. The van der Waals surface area contributed by atoms with Crippen LogP contribution >= 0.6 is 23.1 Å². The lowest BCUT2D eigenvalue weighted by Gasteiger charge is -1.99. The Balaban J connectivity index is 2.13. The van der Waals surface area contributed by atoms with E-state index in [-0.39, 0.29) is 0 Å². The maximum atomic E-state index is 2.27. The van der Waals surface area contributed by atoms with Crippen LogP contribution in [-0.4, -0.2) is 6.26 Å². The lowest BCUT2D eigenvalue weighted by molar-refractivity contribution is 1.51. The Hall–Kier alpha value is -1.64. The van der Waals surface area contributed by atoms with Crippen LogP contribution in [0.4, 0.5) is 0 Å². The second-order valence-corrected chi connectivity index (χ2v) is 6.42. The van der Waals surface area contributed by atoms with Gasteiger partial charge < -0.3 is 0 Å². The van der Waals surface area contributed by atoms with Crippen LogP contribution in [0, 0.1) is 0 Å². The van der Waals surface area contributed by atoms with Crippen molar-refractivity contribution in [1.29, 1.82) is 0 Å². The number of rotatable bonds is 3. The van der Waals surface area contributed by atoms with E-state index in [4.69, 9.17) is 0 Å². The molecule has 0 aliphatic heterocycles. The predicted molar refractivity (Wildman–Crippen MR) is 91.4 cm³/mol. The summed E-state index contributed by atoms with van der Waals surface area (Å²) in [5, 5.41) is 0. The molecule has 20 heavy (non-hydrogen) atoms. The minimum Gasteiger partial charge on any atom is -0.129 e. The minimum atomic E-state index is 1.28. The number of thioether (sulfide) groups is 1. The summed E-state index contributed by atoms with van der Waals surface area (Å²) in [6.07, 6.45) is 2.13. The maximum absolute atomic E-state index is 2.27. The Kier molecular flexibility index (Phi) is 4.14. The van der Waals surface area contributed by atoms with Crippen molar-refractivity contribution in [3.8, 4) is 20.9 Å². The summed E-state index contributed by atoms with van der Waals surface area (Å²) < 4.78 is 0. The van der Waals surface area contributed by atoms with Gasteiger partial charge in [-0.25, -0.2) is 0 Å². The molecule has 0 saturated carbocycles. The fourth-order valence-electron chi connectivity index (χ4n) is 2.08. The molecule has 3 rings (SSSR count). The molecule has 0 radical (unpaired) electrons. The van der Waals surface area contributed by atoms with E-state index in [1.165, 1.54) is 25.8 Å². The molecule has 0 amide bonds. The lowest BCUT2D eigenvalue weighted by Crippen LogP contribution is -1.80. The first-order valence-corrected chi connectivity index (χ1v) is 8.54. The highest BCUT2D eigenvalue weighted by atomic mass is 32.2. The van der Waals surface area contributed by atoms with E-state index in [1.54, 1.807) is 11.8 Å². The average molecular weight is 295 g/mol. The largest absolute Gasteiger partial charge is 0.239 e. The Morgan fingerprint density at radius 1 is 0.700 bits per heavy atom. The molecular weight excluding hydrogens is 280 g/mol. The van der Waals surface area contributed by atoms with Crippen LogP contribution in [0.3, 0.4) is 0 Å². The van der Waals surface area contributed by atoms with Gasteiger partial charge in [-0.2, -0.15) is 0 Å². The van der Waals surface area contributed by atoms with Gasteiger partial charge in [-0.15, -0.1) is 11.8 Å². The van der Waals surface area contributed by atoms with Crippen LogP contribution in [0.15, 0.2) is 77.7 Å². The van der Waals surface area contributed by atoms with Gasteiger partial charge in [-0.1, -0.05) is 36.4 Å². The second-order valence-electron chi connectivity index (χ2n) is 4.46. The standard InChI is InChI=1S/C18H15S2/c1-19-16-12-17(14-8-4-2-5-9-14)20-18(13-16)15-10-6-3-7-11-15/h2-13H,1H3/q+1. The average Bonchev–Trinajstić information content (AvgIpc) is 2.56. The van der Waals surface area contributed by atoms with Gasteiger partial charge in [0, 0.05) is 28.2 Å². The van der Waals surface area contributed by atoms with E-state index in [9.17, 15) is 0 Å². The summed E-state index contributed by atoms with van der Waals surface area (Å²) in [4.78, 5) is 3.94. The molecule has 98 valence electrons. The lowest BCUT2D eigenvalue weighted by atomic mass is 10.1. The van der Waals surface area contributed by atoms with Crippen LogP contribution in [-0.2, 0) is 0 Å². The van der Waals surface area contributed by atoms with Gasteiger partial charge in [0.1, 0.15) is 0 Å². The molecule has 2 aromatic carbocycles. The highest BCUT2D eigenvalue weighted by molar-refractivity contribution is 7.98. The van der Waals surface area contributed by atoms with Gasteiger partial charge in [0.2, 0.25) is 21.1 Å². The number of hydrogen-bond acceptors (Lipinski definition) is 1. The summed E-state index contributed by atoms with van der Waals surface area (Å²) in [7, 11) is 0. The van der Waals surface area contributed by atoms with Gasteiger partial charge in [0.05, 0.1) is 0 Å². The number of hydrogen-bond donors (Lipinski definition) is 0. The Morgan fingerprint density at radius 2 is 1.15 bits per heavy atom. The van der Waals surface area contributed by atoms with E-state index in [0.29, 0.717) is 0 Å². The zero-order valence-corrected chi connectivity index (χ0v) is 12.9. The molecule has 1 aromatic heterocycles. The molecule has 3 aromatic rings. The smallest absolute Gasteiger partial charge is 0.129 e. The van der Waals surface area contributed by atoms with Gasteiger partial charge >= 0.3 is 0 Å². The van der Waals surface area contributed by atoms with Crippen LogP contribution in [0.2, 0.25) is 0 Å². The molecule has 0 atom stereocenters. The molecule has 0 aliphatic rings. The van der Waals surface area contributed by atoms with Crippen LogP contribution in [0.1, 0.15) is 0 Å². The highest BCUT2D eigenvalue weighted by Gasteiger charge is 2.17. The van der Waals surface area contributed by atoms with Gasteiger partial charge in [0.25, 0.3) is 0 Å². The quantitative estimate of drug-likeness (QED) is 0.416. The summed E-state index contributed by atoms with van der Waals surface area (Å²) in [5.74, 6) is 0. The van der Waals surface area contributed by atoms with E-state index in [2.05, 4.69) is 79.1 Å². The van der Waals surface area contributed by atoms with E-state index >= 15 is 0 Å². The summed E-state index contributed by atoms with van der Waals surface area (Å²) in [6, 6.07) is 25.7. The summed E-state index contributed by atoms with van der Waals surface area (Å²) in [5.41, 5.74) is 2.57. The topological polar surface area (TPSA) is 0 Å². The molecule has 0 bridgehead atoms. The van der Waals surface area contributed by atoms with Crippen LogP contribution < -0.4 is 0 Å². The van der Waals surface area contributed by atoms with Crippen LogP contribution in [0.5, 0.6) is 0 Å². The highest BCUT2D eigenvalue weighted by Crippen LogP contribution is 2.36. The van der Waals surface area contributed by atoms with Crippen molar-refractivity contribution in [3.05, 3.63) is 72.8 Å². The van der Waals surface area contributed by atoms with Gasteiger partial charge in [-0.3, -0.25) is 0 Å². The van der Waals surface area contributed by atoms with Crippen molar-refractivity contribution < 1.29 is 0 Å². The van der Waals surface area contributed by atoms with Gasteiger partial charge in [-0.05, 0) is 30.5 Å². The molecule has 0 unspecified atom stereocenters. The fourth-order valence-corrected chi connectivity index (χ4v) is 3.82. The van der Waals surface area contributed by atoms with Crippen molar-refractivity contribution in [2.24, 2.45) is 0 Å². The predicted octanol–water partition coefficient (Wildman–Crippen LogP) is 6.09. The molecule has 0 saturated heterocycles. The minimum absolute atomic E-state index is 1.28. The summed E-state index contributed by atoms with van der Waals surface area (Å²) >= 11 is 3.64. The normalized spacial score (nSPS) is 10.4. The molecule has 0 nitrogen and oxygen atoms in total. The van der Waals surface area contributed by atoms with Crippen molar-refractivity contribution in [3.63, 3.8) is 0 Å². The van der Waals surface area contributed by atoms with E-state index in [0.717, 1.165) is 0 Å². The zero-order valence-electron chi connectivity index (χ0n) is 11.2. The SMILES string of the molecule is CSc1cc(-c2ccccc2)[s+]c(-c2ccccc2)c1. The third-order valence-corrected chi connectivity index (χ3v) is 4.97. The molecule has 0 aliphatic carbocycles. The Morgan fingerprint density at radius 3 is 1.55 bits per heavy atom. The maximum Gasteiger partial charge on any atom is 0.239 e. The third-order valence-electron chi connectivity index (χ3n) is 3.12. The molecule has 2 heteroatoms. The van der Waals surface area contributed by atoms with Crippen molar-refractivity contribution >= 4 is 23.1 Å². The zero-order chi connectivity index (χ0) is 13.8. The Labute approximate surface area is 128 Å². The van der Waals surface area contributed by atoms with Crippen molar-refractivity contribution in [1.82, 2.24) is 0 Å². The van der Waals surface area contributed by atoms with Gasteiger partial charge in [0.15, 0.2) is 0 Å². The first-order chi connectivity index (χ1) is 9.86. The first kappa shape index (κ1) is 13.3. The van der Waals surface area contributed by atoms with Crippen molar-refractivity contribution in [2.75, 3.05) is 6.26 Å². The van der Waals surface area contributed by atoms with E-state index in [1.807, 2.05) is 11.3 Å². The third kappa shape index (κ3) is 2.92. The molecular formula is C18H15S2+. The number of benzene rings is 2. The molecule has 0 spiro atoms.